The Morgan fingerprint density at radius 1 is 1.43 bits per heavy atom. The van der Waals surface area contributed by atoms with Gasteiger partial charge in [0, 0.05) is 11.2 Å². The lowest BCUT2D eigenvalue weighted by Gasteiger charge is -2.08. The zero-order valence-electron chi connectivity index (χ0n) is 14.2. The second kappa shape index (κ2) is 10.1. The van der Waals surface area contributed by atoms with Gasteiger partial charge in [-0.2, -0.15) is 5.10 Å². The zero-order chi connectivity index (χ0) is 17.2. The Morgan fingerprint density at radius 3 is 2.83 bits per heavy atom. The van der Waals surface area contributed by atoms with E-state index in [4.69, 9.17) is 16.3 Å². The summed E-state index contributed by atoms with van der Waals surface area (Å²) in [7, 11) is 1.51. The number of hydrazone groups is 1. The summed E-state index contributed by atoms with van der Waals surface area (Å²) in [6, 6.07) is 4.90. The van der Waals surface area contributed by atoms with Gasteiger partial charge in [0.25, 0.3) is 5.91 Å². The van der Waals surface area contributed by atoms with Crippen molar-refractivity contribution in [1.82, 2.24) is 5.43 Å². The molecule has 4 nitrogen and oxygen atoms in total. The molecular formula is C18H25ClN2O2. The van der Waals surface area contributed by atoms with Gasteiger partial charge in [0.05, 0.1) is 12.7 Å². The Balaban J connectivity index is 2.47. The predicted octanol–water partition coefficient (Wildman–Crippen LogP) is 4.84. The van der Waals surface area contributed by atoms with E-state index in [1.165, 1.54) is 12.7 Å². The van der Waals surface area contributed by atoms with Crippen molar-refractivity contribution in [2.75, 3.05) is 7.11 Å². The van der Waals surface area contributed by atoms with Gasteiger partial charge in [-0.1, -0.05) is 30.2 Å². The van der Waals surface area contributed by atoms with Crippen molar-refractivity contribution in [2.24, 2.45) is 11.0 Å². The monoisotopic (exact) mass is 336 g/mol. The fraction of sp³-hybridized carbons (Fsp3) is 0.444. The summed E-state index contributed by atoms with van der Waals surface area (Å²) in [4.78, 5) is 12.1. The van der Waals surface area contributed by atoms with Crippen LogP contribution in [0.5, 0.6) is 5.75 Å². The van der Waals surface area contributed by atoms with E-state index in [1.54, 1.807) is 24.4 Å². The number of methoxy groups -OCH3 is 1. The Morgan fingerprint density at radius 2 is 2.17 bits per heavy atom. The van der Waals surface area contributed by atoms with Crippen molar-refractivity contribution in [3.63, 3.8) is 0 Å². The SMILES string of the molecule is COc1ccc(Cl)cc1C(=O)N/N=C\CC(C)CCC=C(C)C. The summed E-state index contributed by atoms with van der Waals surface area (Å²) >= 11 is 5.91. The molecule has 1 N–H and O–H groups in total. The molecular weight excluding hydrogens is 312 g/mol. The first kappa shape index (κ1) is 19.2. The lowest BCUT2D eigenvalue weighted by atomic mass is 10.0. The fourth-order valence-electron chi connectivity index (χ4n) is 2.03. The Kier molecular flexibility index (Phi) is 8.41. The number of benzene rings is 1. The highest BCUT2D eigenvalue weighted by Crippen LogP contribution is 2.22. The topological polar surface area (TPSA) is 50.7 Å². The minimum atomic E-state index is -0.335. The number of hydrogen-bond donors (Lipinski definition) is 1. The second-order valence-electron chi connectivity index (χ2n) is 5.80. The number of ether oxygens (including phenoxy) is 1. The predicted molar refractivity (Wildman–Crippen MR) is 96.4 cm³/mol. The van der Waals surface area contributed by atoms with Gasteiger partial charge in [-0.05, 0) is 57.2 Å². The highest BCUT2D eigenvalue weighted by Gasteiger charge is 2.12. The number of carbonyl (C=O) groups excluding carboxylic acids is 1. The molecule has 0 saturated carbocycles. The van der Waals surface area contributed by atoms with Crippen molar-refractivity contribution in [2.45, 2.75) is 40.0 Å². The van der Waals surface area contributed by atoms with Crippen LogP contribution in [-0.2, 0) is 0 Å². The van der Waals surface area contributed by atoms with Gasteiger partial charge in [-0.25, -0.2) is 5.43 Å². The molecule has 1 amide bonds. The molecule has 0 heterocycles. The third kappa shape index (κ3) is 7.33. The summed E-state index contributed by atoms with van der Waals surface area (Å²) in [5.74, 6) is 0.655. The molecule has 0 aromatic heterocycles. The lowest BCUT2D eigenvalue weighted by Crippen LogP contribution is -2.18. The summed E-state index contributed by atoms with van der Waals surface area (Å²) < 4.78 is 5.15. The third-order valence-corrected chi connectivity index (χ3v) is 3.62. The number of rotatable bonds is 8. The summed E-state index contributed by atoms with van der Waals surface area (Å²) in [5.41, 5.74) is 4.22. The van der Waals surface area contributed by atoms with E-state index in [-0.39, 0.29) is 5.91 Å². The average molecular weight is 337 g/mol. The highest BCUT2D eigenvalue weighted by molar-refractivity contribution is 6.31. The van der Waals surface area contributed by atoms with Crippen LogP contribution in [0.4, 0.5) is 0 Å². The van der Waals surface area contributed by atoms with E-state index in [0.29, 0.717) is 22.3 Å². The van der Waals surface area contributed by atoms with Gasteiger partial charge in [0.1, 0.15) is 5.75 Å². The number of nitrogens with zero attached hydrogens (tertiary/aromatic N) is 1. The molecule has 0 spiro atoms. The van der Waals surface area contributed by atoms with Crippen LogP contribution in [0, 0.1) is 5.92 Å². The van der Waals surface area contributed by atoms with Gasteiger partial charge in [0.2, 0.25) is 0 Å². The van der Waals surface area contributed by atoms with Crippen LogP contribution in [0.25, 0.3) is 0 Å². The van der Waals surface area contributed by atoms with Crippen LogP contribution in [0.3, 0.4) is 0 Å². The summed E-state index contributed by atoms with van der Waals surface area (Å²) in [6.45, 7) is 6.38. The van der Waals surface area contributed by atoms with E-state index in [0.717, 1.165) is 19.3 Å². The largest absolute Gasteiger partial charge is 0.496 e. The van der Waals surface area contributed by atoms with Crippen LogP contribution in [-0.4, -0.2) is 19.2 Å². The van der Waals surface area contributed by atoms with Gasteiger partial charge >= 0.3 is 0 Å². The standard InChI is InChI=1S/C18H25ClN2O2/c1-13(2)6-5-7-14(3)10-11-20-21-18(22)16-12-15(19)8-9-17(16)23-4/h6,8-9,11-12,14H,5,7,10H2,1-4H3,(H,21,22)/b20-11-. The number of halogens is 1. The smallest absolute Gasteiger partial charge is 0.275 e. The zero-order valence-corrected chi connectivity index (χ0v) is 15.0. The molecule has 1 aromatic carbocycles. The van der Waals surface area contributed by atoms with Gasteiger partial charge < -0.3 is 4.74 Å². The first-order chi connectivity index (χ1) is 10.9. The second-order valence-corrected chi connectivity index (χ2v) is 6.23. The summed E-state index contributed by atoms with van der Waals surface area (Å²) in [6.07, 6.45) is 6.98. The van der Waals surface area contributed by atoms with Crippen molar-refractivity contribution >= 4 is 23.7 Å². The molecule has 0 fully saturated rings. The van der Waals surface area contributed by atoms with E-state index in [1.807, 2.05) is 0 Å². The first-order valence-corrected chi connectivity index (χ1v) is 8.10. The Bertz CT molecular complexity index is 578. The van der Waals surface area contributed by atoms with Crippen molar-refractivity contribution in [3.05, 3.63) is 40.4 Å². The lowest BCUT2D eigenvalue weighted by molar-refractivity contribution is 0.0952. The molecule has 0 aliphatic rings. The number of nitrogens with one attached hydrogen (secondary N) is 1. The third-order valence-electron chi connectivity index (χ3n) is 3.38. The van der Waals surface area contributed by atoms with Gasteiger partial charge in [-0.3, -0.25) is 4.79 Å². The molecule has 0 bridgehead atoms. The van der Waals surface area contributed by atoms with Crippen molar-refractivity contribution < 1.29 is 9.53 Å². The van der Waals surface area contributed by atoms with Crippen molar-refractivity contribution in [1.29, 1.82) is 0 Å². The first-order valence-electron chi connectivity index (χ1n) is 7.72. The fourth-order valence-corrected chi connectivity index (χ4v) is 2.20. The van der Waals surface area contributed by atoms with Crippen LogP contribution in [0.2, 0.25) is 5.02 Å². The molecule has 1 unspecified atom stereocenters. The molecule has 5 heteroatoms. The van der Waals surface area contributed by atoms with Crippen LogP contribution in [0.1, 0.15) is 50.4 Å². The van der Waals surface area contributed by atoms with Crippen LogP contribution in [0.15, 0.2) is 34.9 Å². The molecule has 0 aliphatic heterocycles. The van der Waals surface area contributed by atoms with Gasteiger partial charge in [-0.15, -0.1) is 0 Å². The minimum Gasteiger partial charge on any atom is -0.496 e. The number of hydrogen-bond acceptors (Lipinski definition) is 3. The van der Waals surface area contributed by atoms with Crippen LogP contribution < -0.4 is 10.2 Å². The molecule has 0 radical (unpaired) electrons. The molecule has 0 saturated heterocycles. The highest BCUT2D eigenvalue weighted by atomic mass is 35.5. The molecule has 23 heavy (non-hydrogen) atoms. The molecule has 1 aromatic rings. The molecule has 126 valence electrons. The Hall–Kier alpha value is -1.81. The summed E-state index contributed by atoms with van der Waals surface area (Å²) in [5, 5.41) is 4.48. The quantitative estimate of drug-likeness (QED) is 0.419. The van der Waals surface area contributed by atoms with E-state index < -0.39 is 0 Å². The average Bonchev–Trinajstić information content (AvgIpc) is 2.51. The normalized spacial score (nSPS) is 12.0. The maximum atomic E-state index is 12.1. The number of allylic oxidation sites excluding steroid dienone is 2. The van der Waals surface area contributed by atoms with E-state index >= 15 is 0 Å². The maximum Gasteiger partial charge on any atom is 0.275 e. The molecule has 1 atom stereocenters. The van der Waals surface area contributed by atoms with E-state index in [2.05, 4.69) is 37.4 Å². The van der Waals surface area contributed by atoms with Gasteiger partial charge in [0.15, 0.2) is 0 Å². The maximum absolute atomic E-state index is 12.1. The van der Waals surface area contributed by atoms with Crippen LogP contribution >= 0.6 is 11.6 Å². The van der Waals surface area contributed by atoms with E-state index in [9.17, 15) is 4.79 Å². The van der Waals surface area contributed by atoms with Crippen molar-refractivity contribution in [3.8, 4) is 5.75 Å². The molecule has 1 rings (SSSR count). The molecule has 0 aliphatic carbocycles. The minimum absolute atomic E-state index is 0.335. The Labute approximate surface area is 143 Å². The number of amides is 1. The number of carbonyl (C=O) groups is 1.